The van der Waals surface area contributed by atoms with Gasteiger partial charge in [0.1, 0.15) is 0 Å². The van der Waals surface area contributed by atoms with E-state index >= 15 is 0 Å². The minimum absolute atomic E-state index is 0.0628. The summed E-state index contributed by atoms with van der Waals surface area (Å²) in [5.41, 5.74) is 2.24. The van der Waals surface area contributed by atoms with Crippen molar-refractivity contribution in [2.75, 3.05) is 6.61 Å². The Kier molecular flexibility index (Phi) is 3.97. The van der Waals surface area contributed by atoms with Gasteiger partial charge in [0.05, 0.1) is 6.61 Å². The van der Waals surface area contributed by atoms with Crippen molar-refractivity contribution in [2.45, 2.75) is 26.2 Å². The quantitative estimate of drug-likeness (QED) is 0.639. The Morgan fingerprint density at radius 3 is 2.24 bits per heavy atom. The van der Waals surface area contributed by atoms with Gasteiger partial charge in [-0.05, 0) is 26.2 Å². The van der Waals surface area contributed by atoms with Gasteiger partial charge < -0.3 is 4.74 Å². The Bertz CT molecular complexity index is 379. The summed E-state index contributed by atoms with van der Waals surface area (Å²) in [7, 11) is 0. The molecular weight excluding hydrogens is 212 g/mol. The molecule has 2 heteroatoms. The van der Waals surface area contributed by atoms with Gasteiger partial charge in [-0.25, -0.2) is 4.79 Å². The second-order valence-corrected chi connectivity index (χ2v) is 4.54. The van der Waals surface area contributed by atoms with Gasteiger partial charge in [0, 0.05) is 11.5 Å². The van der Waals surface area contributed by atoms with E-state index in [2.05, 4.69) is 0 Å². The highest BCUT2D eigenvalue weighted by atomic mass is 16.5. The predicted molar refractivity (Wildman–Crippen MR) is 67.4 cm³/mol. The Hall–Kier alpha value is -1.57. The summed E-state index contributed by atoms with van der Waals surface area (Å²) in [6.45, 7) is 2.68. The van der Waals surface area contributed by atoms with Crippen LogP contribution in [0.1, 0.15) is 26.2 Å². The van der Waals surface area contributed by atoms with Gasteiger partial charge in [-0.3, -0.25) is 0 Å². The van der Waals surface area contributed by atoms with Gasteiger partial charge in [0.2, 0.25) is 0 Å². The molecule has 1 heterocycles. The van der Waals surface area contributed by atoms with E-state index in [1.807, 2.05) is 43.3 Å². The van der Waals surface area contributed by atoms with Crippen LogP contribution in [0.3, 0.4) is 0 Å². The third kappa shape index (κ3) is 2.96. The number of fused-ring (bicyclic) bond motifs is 1. The van der Waals surface area contributed by atoms with Crippen LogP contribution in [0, 0.1) is 5.92 Å². The lowest BCUT2D eigenvalue weighted by molar-refractivity contribution is -0.135. The number of benzene rings is 1. The first kappa shape index (κ1) is 11.9. The Balaban J connectivity index is 0.000000153. The Morgan fingerprint density at radius 1 is 1.12 bits per heavy atom. The van der Waals surface area contributed by atoms with Gasteiger partial charge in [-0.1, -0.05) is 42.0 Å². The number of hydrogen-bond donors (Lipinski definition) is 0. The van der Waals surface area contributed by atoms with E-state index in [0.717, 1.165) is 18.4 Å². The Labute approximate surface area is 102 Å². The summed E-state index contributed by atoms with van der Waals surface area (Å²) in [5, 5.41) is 0. The van der Waals surface area contributed by atoms with Crippen LogP contribution in [-0.2, 0) is 9.53 Å². The van der Waals surface area contributed by atoms with Crippen molar-refractivity contribution in [3.63, 3.8) is 0 Å². The zero-order valence-corrected chi connectivity index (χ0v) is 10.2. The first-order valence-electron chi connectivity index (χ1n) is 6.16. The number of ether oxygens (including phenoxy) is 1. The molecule has 0 spiro atoms. The fraction of sp³-hybridized carbons (Fsp3) is 0.400. The smallest absolute Gasteiger partial charge is 0.334 e. The zero-order chi connectivity index (χ0) is 12.1. The molecule has 1 saturated heterocycles. The first-order valence-corrected chi connectivity index (χ1v) is 6.16. The van der Waals surface area contributed by atoms with E-state index in [4.69, 9.17) is 4.74 Å². The maximum absolute atomic E-state index is 11.1. The van der Waals surface area contributed by atoms with E-state index in [1.54, 1.807) is 0 Å². The monoisotopic (exact) mass is 230 g/mol. The Morgan fingerprint density at radius 2 is 1.71 bits per heavy atom. The van der Waals surface area contributed by atoms with Crippen LogP contribution in [0.25, 0.3) is 0 Å². The number of cyclic esters (lactones) is 1. The van der Waals surface area contributed by atoms with Gasteiger partial charge in [0.25, 0.3) is 0 Å². The van der Waals surface area contributed by atoms with Crippen molar-refractivity contribution in [3.05, 3.63) is 47.5 Å². The third-order valence-corrected chi connectivity index (χ3v) is 3.27. The lowest BCUT2D eigenvalue weighted by atomic mass is 9.85. The second-order valence-electron chi connectivity index (χ2n) is 4.54. The van der Waals surface area contributed by atoms with Crippen molar-refractivity contribution in [1.29, 1.82) is 0 Å². The van der Waals surface area contributed by atoms with Crippen LogP contribution in [0.2, 0.25) is 0 Å². The number of carbonyl (C=O) groups is 1. The normalized spacial score (nSPS) is 22.4. The molecule has 0 saturated carbocycles. The molecule has 1 aromatic rings. The van der Waals surface area contributed by atoms with Crippen molar-refractivity contribution in [2.24, 2.45) is 5.92 Å². The molecule has 1 aliphatic heterocycles. The molecule has 0 aromatic heterocycles. The molecule has 0 radical (unpaired) electrons. The van der Waals surface area contributed by atoms with Crippen molar-refractivity contribution >= 4 is 5.97 Å². The van der Waals surface area contributed by atoms with E-state index in [9.17, 15) is 4.79 Å². The SMILES string of the molecule is CC1=C2C(=O)OCC2CCC1.c1ccccc1. The lowest BCUT2D eigenvalue weighted by Crippen LogP contribution is -2.10. The lowest BCUT2D eigenvalue weighted by Gasteiger charge is -2.16. The minimum atomic E-state index is -0.0628. The van der Waals surface area contributed by atoms with E-state index in [-0.39, 0.29) is 5.97 Å². The standard InChI is InChI=1S/C9H12O2.C6H6/c1-6-3-2-4-7-5-11-9(10)8(6)7;1-2-4-6-5-3-1/h7H,2-5H2,1H3;1-6H. The maximum Gasteiger partial charge on any atom is 0.334 e. The molecule has 2 aliphatic rings. The van der Waals surface area contributed by atoms with Crippen molar-refractivity contribution < 1.29 is 9.53 Å². The van der Waals surface area contributed by atoms with E-state index in [1.165, 1.54) is 12.0 Å². The summed E-state index contributed by atoms with van der Waals surface area (Å²) in [6.07, 6.45) is 3.44. The summed E-state index contributed by atoms with van der Waals surface area (Å²) in [4.78, 5) is 11.1. The fourth-order valence-corrected chi connectivity index (χ4v) is 2.39. The molecule has 0 bridgehead atoms. The molecule has 2 nitrogen and oxygen atoms in total. The van der Waals surface area contributed by atoms with Crippen LogP contribution in [0.4, 0.5) is 0 Å². The van der Waals surface area contributed by atoms with Crippen LogP contribution < -0.4 is 0 Å². The highest BCUT2D eigenvalue weighted by Crippen LogP contribution is 2.34. The van der Waals surface area contributed by atoms with Crippen molar-refractivity contribution in [1.82, 2.24) is 0 Å². The molecule has 0 N–H and O–H groups in total. The molecule has 1 unspecified atom stereocenters. The van der Waals surface area contributed by atoms with Gasteiger partial charge in [-0.2, -0.15) is 0 Å². The highest BCUT2D eigenvalue weighted by Gasteiger charge is 2.33. The predicted octanol–water partition coefficient (Wildman–Crippen LogP) is 3.35. The van der Waals surface area contributed by atoms with Gasteiger partial charge in [-0.15, -0.1) is 0 Å². The summed E-state index contributed by atoms with van der Waals surface area (Å²) in [5.74, 6) is 0.364. The first-order chi connectivity index (χ1) is 8.29. The second kappa shape index (κ2) is 5.67. The van der Waals surface area contributed by atoms with E-state index < -0.39 is 0 Å². The average molecular weight is 230 g/mol. The topological polar surface area (TPSA) is 26.3 Å². The fourth-order valence-electron chi connectivity index (χ4n) is 2.39. The summed E-state index contributed by atoms with van der Waals surface area (Å²) < 4.78 is 4.97. The minimum Gasteiger partial charge on any atom is -0.462 e. The highest BCUT2D eigenvalue weighted by molar-refractivity contribution is 5.92. The molecule has 3 rings (SSSR count). The van der Waals surface area contributed by atoms with Crippen LogP contribution in [-0.4, -0.2) is 12.6 Å². The number of rotatable bonds is 0. The maximum atomic E-state index is 11.1. The van der Waals surface area contributed by atoms with E-state index in [0.29, 0.717) is 12.5 Å². The van der Waals surface area contributed by atoms with Crippen LogP contribution >= 0.6 is 0 Å². The number of esters is 1. The molecule has 90 valence electrons. The summed E-state index contributed by atoms with van der Waals surface area (Å²) in [6, 6.07) is 12.0. The average Bonchev–Trinajstić information content (AvgIpc) is 2.76. The van der Waals surface area contributed by atoms with Gasteiger partial charge >= 0.3 is 5.97 Å². The zero-order valence-electron chi connectivity index (χ0n) is 10.2. The molecule has 1 fully saturated rings. The molecule has 1 aromatic carbocycles. The largest absolute Gasteiger partial charge is 0.462 e. The molecular formula is C15H18O2. The van der Waals surface area contributed by atoms with Crippen LogP contribution in [0.15, 0.2) is 47.5 Å². The number of carbonyl (C=O) groups excluding carboxylic acids is 1. The molecule has 0 amide bonds. The molecule has 1 atom stereocenters. The van der Waals surface area contributed by atoms with Crippen LogP contribution in [0.5, 0.6) is 0 Å². The number of allylic oxidation sites excluding steroid dienone is 1. The molecule has 1 aliphatic carbocycles. The third-order valence-electron chi connectivity index (χ3n) is 3.27. The number of hydrogen-bond acceptors (Lipinski definition) is 2. The van der Waals surface area contributed by atoms with Gasteiger partial charge in [0.15, 0.2) is 0 Å². The summed E-state index contributed by atoms with van der Waals surface area (Å²) >= 11 is 0. The van der Waals surface area contributed by atoms with Crippen molar-refractivity contribution in [3.8, 4) is 0 Å². The molecule has 17 heavy (non-hydrogen) atoms.